The number of nitrogens with zero attached hydrogens (tertiary/aromatic N) is 2. The first-order valence-electron chi connectivity index (χ1n) is 9.49. The lowest BCUT2D eigenvalue weighted by molar-refractivity contribution is 0.0908. The van der Waals surface area contributed by atoms with Gasteiger partial charge in [-0.3, -0.25) is 14.9 Å². The van der Waals surface area contributed by atoms with Gasteiger partial charge in [-0.1, -0.05) is 29.8 Å². The van der Waals surface area contributed by atoms with Gasteiger partial charge >= 0.3 is 0 Å². The molecule has 1 amide bonds. The summed E-state index contributed by atoms with van der Waals surface area (Å²) in [7, 11) is 0. The highest BCUT2D eigenvalue weighted by atomic mass is 35.5. The molecule has 2 aromatic heterocycles. The zero-order valence-corrected chi connectivity index (χ0v) is 16.8. The average molecular weight is 395 g/mol. The van der Waals surface area contributed by atoms with E-state index in [0.717, 1.165) is 22.5 Å². The normalized spacial score (nSPS) is 14.1. The molecule has 0 bridgehead atoms. The minimum absolute atomic E-state index is 0.206. The fourth-order valence-electron chi connectivity index (χ4n) is 3.42. The van der Waals surface area contributed by atoms with Gasteiger partial charge in [-0.05, 0) is 56.5 Å². The molecule has 0 radical (unpaired) electrons. The largest absolute Gasteiger partial charge is 0.345 e. The minimum Gasteiger partial charge on any atom is -0.345 e. The van der Waals surface area contributed by atoms with Gasteiger partial charge in [0.25, 0.3) is 5.91 Å². The van der Waals surface area contributed by atoms with Crippen LogP contribution < -0.4 is 5.32 Å². The number of benzene rings is 1. The SMILES string of the molecule is CC(C)(Cc1cc(C2CC2)n[nH]1)NC(=O)c1ncccc1-c1cccc(Cl)c1. The van der Waals surface area contributed by atoms with E-state index in [1.54, 1.807) is 6.20 Å². The Balaban J connectivity index is 1.52. The molecule has 0 aliphatic heterocycles. The summed E-state index contributed by atoms with van der Waals surface area (Å²) in [5.41, 5.74) is 3.73. The van der Waals surface area contributed by atoms with E-state index < -0.39 is 5.54 Å². The third kappa shape index (κ3) is 4.25. The first kappa shape index (κ1) is 18.7. The van der Waals surface area contributed by atoms with E-state index in [0.29, 0.717) is 23.1 Å². The Labute approximate surface area is 169 Å². The van der Waals surface area contributed by atoms with Crippen LogP contribution in [-0.4, -0.2) is 26.6 Å². The van der Waals surface area contributed by atoms with E-state index in [4.69, 9.17) is 11.6 Å². The Morgan fingerprint density at radius 3 is 2.82 bits per heavy atom. The van der Waals surface area contributed by atoms with E-state index in [2.05, 4.69) is 26.6 Å². The van der Waals surface area contributed by atoms with Crippen molar-refractivity contribution < 1.29 is 4.79 Å². The summed E-state index contributed by atoms with van der Waals surface area (Å²) in [6.07, 6.45) is 4.73. The molecule has 0 atom stereocenters. The molecule has 4 rings (SSSR count). The second kappa shape index (κ2) is 7.40. The van der Waals surface area contributed by atoms with E-state index >= 15 is 0 Å². The van der Waals surface area contributed by atoms with Gasteiger partial charge in [0.2, 0.25) is 0 Å². The molecular weight excluding hydrogens is 372 g/mol. The molecule has 1 aliphatic carbocycles. The number of carbonyl (C=O) groups excluding carboxylic acids is 1. The molecule has 2 N–H and O–H groups in total. The van der Waals surface area contributed by atoms with Gasteiger partial charge in [0.15, 0.2) is 0 Å². The lowest BCUT2D eigenvalue weighted by atomic mass is 9.97. The second-order valence-electron chi connectivity index (χ2n) is 8.02. The Bertz CT molecular complexity index is 1010. The number of halogens is 1. The number of aromatic nitrogens is 3. The Morgan fingerprint density at radius 1 is 1.25 bits per heavy atom. The molecule has 1 saturated carbocycles. The number of H-pyrrole nitrogens is 1. The summed E-state index contributed by atoms with van der Waals surface area (Å²) in [6, 6.07) is 13.3. The van der Waals surface area contributed by atoms with E-state index in [-0.39, 0.29) is 5.91 Å². The summed E-state index contributed by atoms with van der Waals surface area (Å²) in [6.45, 7) is 4.01. The summed E-state index contributed by atoms with van der Waals surface area (Å²) in [5, 5.41) is 11.2. The number of aromatic amines is 1. The van der Waals surface area contributed by atoms with Crippen LogP contribution in [0.4, 0.5) is 0 Å². The molecule has 1 fully saturated rings. The van der Waals surface area contributed by atoms with Crippen molar-refractivity contribution in [3.63, 3.8) is 0 Å². The monoisotopic (exact) mass is 394 g/mol. The molecule has 1 aromatic carbocycles. The number of amides is 1. The number of hydrogen-bond acceptors (Lipinski definition) is 3. The summed E-state index contributed by atoms with van der Waals surface area (Å²) in [5.74, 6) is 0.402. The van der Waals surface area contributed by atoms with Gasteiger partial charge in [0, 0.05) is 40.4 Å². The molecule has 6 heteroatoms. The fourth-order valence-corrected chi connectivity index (χ4v) is 3.61. The third-order valence-electron chi connectivity index (χ3n) is 4.89. The quantitative estimate of drug-likeness (QED) is 0.633. The molecule has 3 aromatic rings. The molecule has 5 nitrogen and oxygen atoms in total. The lowest BCUT2D eigenvalue weighted by Crippen LogP contribution is -2.45. The molecule has 144 valence electrons. The third-order valence-corrected chi connectivity index (χ3v) is 5.12. The average Bonchev–Trinajstić information content (AvgIpc) is 3.41. The van der Waals surface area contributed by atoms with Crippen molar-refractivity contribution in [2.45, 2.75) is 44.6 Å². The molecule has 1 aliphatic rings. The smallest absolute Gasteiger partial charge is 0.270 e. The van der Waals surface area contributed by atoms with Gasteiger partial charge in [0.05, 0.1) is 5.69 Å². The zero-order valence-electron chi connectivity index (χ0n) is 16.0. The number of rotatable bonds is 6. The van der Waals surface area contributed by atoms with Crippen molar-refractivity contribution in [2.75, 3.05) is 0 Å². The summed E-state index contributed by atoms with van der Waals surface area (Å²) in [4.78, 5) is 17.4. The second-order valence-corrected chi connectivity index (χ2v) is 8.45. The molecule has 28 heavy (non-hydrogen) atoms. The molecule has 0 spiro atoms. The van der Waals surface area contributed by atoms with Crippen LogP contribution in [0.25, 0.3) is 11.1 Å². The predicted octanol–water partition coefficient (Wildman–Crippen LogP) is 4.75. The summed E-state index contributed by atoms with van der Waals surface area (Å²) >= 11 is 6.12. The van der Waals surface area contributed by atoms with E-state index in [1.165, 1.54) is 12.8 Å². The minimum atomic E-state index is -0.451. The highest BCUT2D eigenvalue weighted by Gasteiger charge is 2.28. The zero-order chi connectivity index (χ0) is 19.7. The van der Waals surface area contributed by atoms with Crippen molar-refractivity contribution >= 4 is 17.5 Å². The maximum atomic E-state index is 13.0. The number of pyridine rings is 1. The van der Waals surface area contributed by atoms with Crippen LogP contribution in [0.3, 0.4) is 0 Å². The van der Waals surface area contributed by atoms with Crippen LogP contribution in [0.2, 0.25) is 5.02 Å². The van der Waals surface area contributed by atoms with Crippen LogP contribution in [0.15, 0.2) is 48.7 Å². The van der Waals surface area contributed by atoms with Gasteiger partial charge < -0.3 is 5.32 Å². The highest BCUT2D eigenvalue weighted by molar-refractivity contribution is 6.30. The van der Waals surface area contributed by atoms with Crippen LogP contribution in [0.1, 0.15) is 54.5 Å². The standard InChI is InChI=1S/C22H23ClN4O/c1-22(2,13-17-12-19(27-26-17)14-8-9-14)25-21(28)20-18(7-4-10-24-20)15-5-3-6-16(23)11-15/h3-7,10-12,14H,8-9,13H2,1-2H3,(H,25,28)(H,26,27). The molecule has 0 saturated heterocycles. The van der Waals surface area contributed by atoms with E-state index in [9.17, 15) is 4.79 Å². The fraction of sp³-hybridized carbons (Fsp3) is 0.318. The number of hydrogen-bond donors (Lipinski definition) is 2. The Kier molecular flexibility index (Phi) is 4.94. The van der Waals surface area contributed by atoms with Crippen molar-refractivity contribution in [1.29, 1.82) is 0 Å². The van der Waals surface area contributed by atoms with Crippen molar-refractivity contribution in [1.82, 2.24) is 20.5 Å². The highest BCUT2D eigenvalue weighted by Crippen LogP contribution is 2.39. The maximum absolute atomic E-state index is 13.0. The summed E-state index contributed by atoms with van der Waals surface area (Å²) < 4.78 is 0. The van der Waals surface area contributed by atoms with Crippen LogP contribution in [-0.2, 0) is 6.42 Å². The first-order chi connectivity index (χ1) is 13.4. The Morgan fingerprint density at radius 2 is 2.07 bits per heavy atom. The molecule has 0 unspecified atom stereocenters. The molecule has 2 heterocycles. The van der Waals surface area contributed by atoms with E-state index in [1.807, 2.05) is 50.2 Å². The maximum Gasteiger partial charge on any atom is 0.270 e. The van der Waals surface area contributed by atoms with Gasteiger partial charge in [-0.2, -0.15) is 5.10 Å². The van der Waals surface area contributed by atoms with Crippen molar-refractivity contribution in [2.24, 2.45) is 0 Å². The van der Waals surface area contributed by atoms with Crippen LogP contribution in [0, 0.1) is 0 Å². The molecular formula is C22H23ClN4O. The predicted molar refractivity (Wildman–Crippen MR) is 110 cm³/mol. The van der Waals surface area contributed by atoms with Crippen LogP contribution >= 0.6 is 11.6 Å². The van der Waals surface area contributed by atoms with Gasteiger partial charge in [-0.15, -0.1) is 0 Å². The number of nitrogens with one attached hydrogen (secondary N) is 2. The van der Waals surface area contributed by atoms with Gasteiger partial charge in [-0.25, -0.2) is 0 Å². The van der Waals surface area contributed by atoms with Gasteiger partial charge in [0.1, 0.15) is 5.69 Å². The topological polar surface area (TPSA) is 70.7 Å². The first-order valence-corrected chi connectivity index (χ1v) is 9.87. The van der Waals surface area contributed by atoms with Crippen molar-refractivity contribution in [3.05, 3.63) is 70.8 Å². The number of carbonyl (C=O) groups is 1. The Hall–Kier alpha value is -2.66. The lowest BCUT2D eigenvalue weighted by Gasteiger charge is -2.26. The van der Waals surface area contributed by atoms with Crippen molar-refractivity contribution in [3.8, 4) is 11.1 Å². The van der Waals surface area contributed by atoms with Crippen LogP contribution in [0.5, 0.6) is 0 Å².